The van der Waals surface area contributed by atoms with Crippen molar-refractivity contribution < 1.29 is 19.1 Å². The molecule has 29 heavy (non-hydrogen) atoms. The molecule has 1 amide bonds. The van der Waals surface area contributed by atoms with Crippen LogP contribution in [0.1, 0.15) is 34.3 Å². The molecule has 5 nitrogen and oxygen atoms in total. The smallest absolute Gasteiger partial charge is 0.306 e. The van der Waals surface area contributed by atoms with E-state index in [9.17, 15) is 14.4 Å². The fourth-order valence-electron chi connectivity index (χ4n) is 3.07. The number of ether oxygens (including phenoxy) is 1. The van der Waals surface area contributed by atoms with Gasteiger partial charge in [-0.05, 0) is 48.4 Å². The fourth-order valence-corrected chi connectivity index (χ4v) is 3.07. The molecule has 0 saturated heterocycles. The Kier molecular flexibility index (Phi) is 6.39. The molecule has 0 aliphatic carbocycles. The lowest BCUT2D eigenvalue weighted by Crippen LogP contribution is -2.21. The Balaban J connectivity index is 1.46. The van der Waals surface area contributed by atoms with Gasteiger partial charge >= 0.3 is 5.97 Å². The molecule has 0 aliphatic rings. The molecule has 0 aliphatic heterocycles. The van der Waals surface area contributed by atoms with Crippen LogP contribution >= 0.6 is 0 Å². The summed E-state index contributed by atoms with van der Waals surface area (Å²) in [6.07, 6.45) is -0.00904. The van der Waals surface area contributed by atoms with E-state index < -0.39 is 11.9 Å². The minimum absolute atomic E-state index is 0.0510. The Hall–Kier alpha value is -3.47. The number of aryl methyl sites for hydroxylation is 2. The Labute approximate surface area is 169 Å². The first kappa shape index (κ1) is 20.3. The van der Waals surface area contributed by atoms with Crippen molar-refractivity contribution in [2.75, 3.05) is 11.9 Å². The van der Waals surface area contributed by atoms with Crippen LogP contribution in [-0.2, 0) is 14.3 Å². The molecule has 0 saturated carbocycles. The Morgan fingerprint density at radius 3 is 2.41 bits per heavy atom. The number of hydrogen-bond donors (Lipinski definition) is 1. The molecular weight excluding hydrogens is 366 g/mol. The number of esters is 1. The summed E-state index contributed by atoms with van der Waals surface area (Å²) in [6, 6.07) is 19.0. The van der Waals surface area contributed by atoms with E-state index in [1.54, 1.807) is 6.07 Å². The second kappa shape index (κ2) is 9.15. The second-order valence-corrected chi connectivity index (χ2v) is 7.01. The van der Waals surface area contributed by atoms with E-state index in [-0.39, 0.29) is 25.2 Å². The number of Topliss-reactive ketones (excluding diaryl/α,β-unsaturated/α-hetero) is 1. The van der Waals surface area contributed by atoms with Crippen molar-refractivity contribution in [2.45, 2.75) is 26.7 Å². The summed E-state index contributed by atoms with van der Waals surface area (Å²) in [7, 11) is 0. The largest absolute Gasteiger partial charge is 0.456 e. The van der Waals surface area contributed by atoms with Gasteiger partial charge in [-0.2, -0.15) is 0 Å². The topological polar surface area (TPSA) is 72.5 Å². The van der Waals surface area contributed by atoms with Crippen molar-refractivity contribution in [1.29, 1.82) is 0 Å². The molecule has 0 radical (unpaired) electrons. The first-order valence-corrected chi connectivity index (χ1v) is 9.47. The summed E-state index contributed by atoms with van der Waals surface area (Å²) in [5.74, 6) is -1.10. The Morgan fingerprint density at radius 1 is 0.862 bits per heavy atom. The van der Waals surface area contributed by atoms with Crippen molar-refractivity contribution in [2.24, 2.45) is 0 Å². The van der Waals surface area contributed by atoms with Gasteiger partial charge in [-0.1, -0.05) is 48.0 Å². The van der Waals surface area contributed by atoms with Crippen LogP contribution in [0, 0.1) is 13.8 Å². The van der Waals surface area contributed by atoms with E-state index in [4.69, 9.17) is 4.74 Å². The number of nitrogens with one attached hydrogen (secondary N) is 1. The first-order valence-electron chi connectivity index (χ1n) is 9.47. The third-order valence-electron chi connectivity index (χ3n) is 4.65. The number of ketones is 1. The lowest BCUT2D eigenvalue weighted by Gasteiger charge is -2.08. The van der Waals surface area contributed by atoms with Crippen molar-refractivity contribution >= 4 is 34.1 Å². The zero-order chi connectivity index (χ0) is 20.8. The van der Waals surface area contributed by atoms with E-state index in [0.717, 1.165) is 21.9 Å². The molecule has 3 rings (SSSR count). The van der Waals surface area contributed by atoms with Crippen LogP contribution < -0.4 is 5.32 Å². The van der Waals surface area contributed by atoms with Crippen LogP contribution in [0.25, 0.3) is 10.8 Å². The van der Waals surface area contributed by atoms with Crippen LogP contribution in [-0.4, -0.2) is 24.3 Å². The van der Waals surface area contributed by atoms with Gasteiger partial charge < -0.3 is 10.1 Å². The van der Waals surface area contributed by atoms with Gasteiger partial charge in [-0.3, -0.25) is 14.4 Å². The Bertz CT molecular complexity index is 1070. The number of rotatable bonds is 7. The molecule has 0 spiro atoms. The number of carbonyl (C=O) groups excluding carboxylic acids is 3. The summed E-state index contributed by atoms with van der Waals surface area (Å²) in [5.41, 5.74) is 3.12. The van der Waals surface area contributed by atoms with E-state index in [1.165, 1.54) is 0 Å². The molecule has 0 unspecified atom stereocenters. The van der Waals surface area contributed by atoms with Gasteiger partial charge in [-0.15, -0.1) is 0 Å². The predicted octanol–water partition coefficient (Wildman–Crippen LogP) is 4.60. The quantitative estimate of drug-likeness (QED) is 0.473. The van der Waals surface area contributed by atoms with Crippen molar-refractivity contribution in [3.05, 3.63) is 77.4 Å². The highest BCUT2D eigenvalue weighted by Gasteiger charge is 2.14. The van der Waals surface area contributed by atoms with Gasteiger partial charge in [-0.25, -0.2) is 0 Å². The Morgan fingerprint density at radius 2 is 1.62 bits per heavy atom. The van der Waals surface area contributed by atoms with Crippen LogP contribution in [0.3, 0.4) is 0 Å². The van der Waals surface area contributed by atoms with Crippen molar-refractivity contribution in [3.8, 4) is 0 Å². The van der Waals surface area contributed by atoms with Gasteiger partial charge in [0.2, 0.25) is 0 Å². The second-order valence-electron chi connectivity index (χ2n) is 7.01. The minimum atomic E-state index is -0.572. The SMILES string of the molecule is Cc1ccc(C)c(C(=O)CCC(=O)OCC(=O)Nc2ccc3ccccc3c2)c1. The molecule has 0 bridgehead atoms. The number of benzene rings is 3. The lowest BCUT2D eigenvalue weighted by molar-refractivity contribution is -0.147. The molecule has 0 atom stereocenters. The third-order valence-corrected chi connectivity index (χ3v) is 4.65. The van der Waals surface area contributed by atoms with E-state index in [1.807, 2.05) is 68.4 Å². The maximum Gasteiger partial charge on any atom is 0.306 e. The minimum Gasteiger partial charge on any atom is -0.456 e. The van der Waals surface area contributed by atoms with Crippen LogP contribution in [0.15, 0.2) is 60.7 Å². The highest BCUT2D eigenvalue weighted by molar-refractivity contribution is 5.99. The van der Waals surface area contributed by atoms with E-state index in [2.05, 4.69) is 5.32 Å². The molecule has 148 valence electrons. The number of fused-ring (bicyclic) bond motifs is 1. The summed E-state index contributed by atoms with van der Waals surface area (Å²) >= 11 is 0. The maximum atomic E-state index is 12.3. The average Bonchev–Trinajstić information content (AvgIpc) is 2.72. The third kappa shape index (κ3) is 5.51. The zero-order valence-electron chi connectivity index (χ0n) is 16.5. The van der Waals surface area contributed by atoms with Gasteiger partial charge in [0.05, 0.1) is 6.42 Å². The number of amides is 1. The zero-order valence-corrected chi connectivity index (χ0v) is 16.5. The van der Waals surface area contributed by atoms with Gasteiger partial charge in [0.15, 0.2) is 12.4 Å². The van der Waals surface area contributed by atoms with Gasteiger partial charge in [0, 0.05) is 17.7 Å². The van der Waals surface area contributed by atoms with Gasteiger partial charge in [0.1, 0.15) is 0 Å². The first-order chi connectivity index (χ1) is 13.9. The average molecular weight is 389 g/mol. The monoisotopic (exact) mass is 389 g/mol. The molecular formula is C24H23NO4. The molecule has 0 fully saturated rings. The summed E-state index contributed by atoms with van der Waals surface area (Å²) in [5, 5.41) is 4.79. The molecule has 0 aromatic heterocycles. The van der Waals surface area contributed by atoms with Crippen LogP contribution in [0.4, 0.5) is 5.69 Å². The van der Waals surface area contributed by atoms with Crippen molar-refractivity contribution in [1.82, 2.24) is 0 Å². The number of anilines is 1. The van der Waals surface area contributed by atoms with E-state index in [0.29, 0.717) is 11.3 Å². The number of hydrogen-bond acceptors (Lipinski definition) is 4. The number of carbonyl (C=O) groups is 3. The van der Waals surface area contributed by atoms with Gasteiger partial charge in [0.25, 0.3) is 5.91 Å². The molecule has 3 aromatic rings. The maximum absolute atomic E-state index is 12.3. The lowest BCUT2D eigenvalue weighted by atomic mass is 9.99. The van der Waals surface area contributed by atoms with E-state index >= 15 is 0 Å². The summed E-state index contributed by atoms with van der Waals surface area (Å²) in [6.45, 7) is 3.39. The normalized spacial score (nSPS) is 10.6. The van der Waals surface area contributed by atoms with Crippen LogP contribution in [0.5, 0.6) is 0 Å². The summed E-state index contributed by atoms with van der Waals surface area (Å²) in [4.78, 5) is 36.3. The van der Waals surface area contributed by atoms with Crippen molar-refractivity contribution in [3.63, 3.8) is 0 Å². The predicted molar refractivity (Wildman–Crippen MR) is 113 cm³/mol. The van der Waals surface area contributed by atoms with Crippen LogP contribution in [0.2, 0.25) is 0 Å². The standard InChI is InChI=1S/C24H23NO4/c1-16-7-8-17(2)21(13-16)22(26)11-12-24(28)29-15-23(27)25-20-10-9-18-5-3-4-6-19(18)14-20/h3-10,13-14H,11-12,15H2,1-2H3,(H,25,27). The molecule has 5 heteroatoms. The summed E-state index contributed by atoms with van der Waals surface area (Å²) < 4.78 is 5.00. The molecule has 3 aromatic carbocycles. The fraction of sp³-hybridized carbons (Fsp3) is 0.208. The highest BCUT2D eigenvalue weighted by atomic mass is 16.5. The molecule has 0 heterocycles. The molecule has 1 N–H and O–H groups in total. The highest BCUT2D eigenvalue weighted by Crippen LogP contribution is 2.19.